The first-order chi connectivity index (χ1) is 11.2. The number of ether oxygens (including phenoxy) is 1. The van der Waals surface area contributed by atoms with Crippen LogP contribution < -0.4 is 10.3 Å². The number of aromatic nitrogens is 1. The lowest BCUT2D eigenvalue weighted by atomic mass is 9.83. The Hall–Kier alpha value is -2.07. The molecule has 0 spiro atoms. The maximum Gasteiger partial charge on any atom is 0.250 e. The molecule has 1 aromatic heterocycles. The van der Waals surface area contributed by atoms with Gasteiger partial charge in [0.25, 0.3) is 5.56 Å². The number of hydrogen-bond acceptors (Lipinski definition) is 3. The molecule has 0 saturated carbocycles. The second-order valence-electron chi connectivity index (χ2n) is 6.74. The molecule has 1 aromatic carbocycles. The van der Waals surface area contributed by atoms with Gasteiger partial charge in [0.1, 0.15) is 5.75 Å². The Balaban J connectivity index is 1.52. The van der Waals surface area contributed by atoms with E-state index in [9.17, 15) is 4.79 Å². The van der Waals surface area contributed by atoms with Gasteiger partial charge in [-0.3, -0.25) is 9.69 Å². The van der Waals surface area contributed by atoms with Gasteiger partial charge in [0.05, 0.1) is 7.11 Å². The van der Waals surface area contributed by atoms with Crippen molar-refractivity contribution in [3.63, 3.8) is 0 Å². The van der Waals surface area contributed by atoms with Crippen molar-refractivity contribution in [2.45, 2.75) is 25.4 Å². The van der Waals surface area contributed by atoms with Crippen molar-refractivity contribution in [2.24, 2.45) is 5.92 Å². The Morgan fingerprint density at radius 2 is 1.91 bits per heavy atom. The summed E-state index contributed by atoms with van der Waals surface area (Å²) >= 11 is 0. The zero-order valence-electron chi connectivity index (χ0n) is 13.4. The number of methoxy groups -OCH3 is 1. The Morgan fingerprint density at radius 1 is 1.09 bits per heavy atom. The van der Waals surface area contributed by atoms with Crippen LogP contribution in [0.5, 0.6) is 5.75 Å². The summed E-state index contributed by atoms with van der Waals surface area (Å²) in [5.41, 5.74) is 2.69. The summed E-state index contributed by atoms with van der Waals surface area (Å²) in [7, 11) is 1.69. The summed E-state index contributed by atoms with van der Waals surface area (Å²) in [5.74, 6) is 1.96. The highest BCUT2D eigenvalue weighted by Gasteiger charge is 2.34. The van der Waals surface area contributed by atoms with Crippen molar-refractivity contribution in [1.29, 1.82) is 0 Å². The fourth-order valence-electron chi connectivity index (χ4n) is 4.11. The summed E-state index contributed by atoms with van der Waals surface area (Å²) < 4.78 is 7.21. The Labute approximate surface area is 136 Å². The van der Waals surface area contributed by atoms with Crippen molar-refractivity contribution in [3.8, 4) is 5.75 Å². The molecule has 0 unspecified atom stereocenters. The number of rotatable bonds is 3. The van der Waals surface area contributed by atoms with Gasteiger partial charge in [-0.15, -0.1) is 0 Å². The Bertz CT molecular complexity index is 751. The number of piperidine rings is 1. The lowest BCUT2D eigenvalue weighted by molar-refractivity contribution is 0.114. The van der Waals surface area contributed by atoms with E-state index in [0.29, 0.717) is 11.8 Å². The minimum atomic E-state index is 0.154. The lowest BCUT2D eigenvalue weighted by Gasteiger charge is -2.42. The van der Waals surface area contributed by atoms with Crippen LogP contribution in [0.3, 0.4) is 0 Å². The molecule has 4 nitrogen and oxygen atoms in total. The molecule has 2 aliphatic heterocycles. The Kier molecular flexibility index (Phi) is 3.69. The predicted molar refractivity (Wildman–Crippen MR) is 89.8 cm³/mol. The fourth-order valence-corrected chi connectivity index (χ4v) is 4.11. The van der Waals surface area contributed by atoms with E-state index in [1.165, 1.54) is 17.7 Å². The quantitative estimate of drug-likeness (QED) is 0.873. The smallest absolute Gasteiger partial charge is 0.250 e. The molecule has 0 radical (unpaired) electrons. The van der Waals surface area contributed by atoms with E-state index in [1.807, 2.05) is 22.8 Å². The summed E-state index contributed by atoms with van der Waals surface area (Å²) in [4.78, 5) is 14.6. The average Bonchev–Trinajstić information content (AvgIpc) is 2.57. The monoisotopic (exact) mass is 310 g/mol. The van der Waals surface area contributed by atoms with Crippen molar-refractivity contribution >= 4 is 0 Å². The number of nitrogens with zero attached hydrogens (tertiary/aromatic N) is 2. The van der Waals surface area contributed by atoms with Gasteiger partial charge in [-0.25, -0.2) is 0 Å². The highest BCUT2D eigenvalue weighted by Crippen LogP contribution is 2.35. The molecule has 0 amide bonds. The molecule has 23 heavy (non-hydrogen) atoms. The maximum absolute atomic E-state index is 12.1. The standard InChI is InChI=1S/C19H22N2O2/c1-23-17-7-5-14(6-8-17)10-20-11-15-9-16(13-20)18-3-2-4-19(22)21(18)12-15/h2-8,15-16H,9-13H2,1H3/t15-,16+/m0/s1. The summed E-state index contributed by atoms with van der Waals surface area (Å²) in [6, 6.07) is 14.0. The van der Waals surface area contributed by atoms with Gasteiger partial charge in [-0.1, -0.05) is 18.2 Å². The molecule has 4 heteroatoms. The van der Waals surface area contributed by atoms with E-state index >= 15 is 0 Å². The summed E-state index contributed by atoms with van der Waals surface area (Å²) in [6.07, 6.45) is 1.21. The summed E-state index contributed by atoms with van der Waals surface area (Å²) in [5, 5.41) is 0. The molecule has 3 heterocycles. The van der Waals surface area contributed by atoms with Crippen LogP contribution in [0.2, 0.25) is 0 Å². The minimum Gasteiger partial charge on any atom is -0.497 e. The first-order valence-corrected chi connectivity index (χ1v) is 8.28. The van der Waals surface area contributed by atoms with Crippen LogP contribution in [0.4, 0.5) is 0 Å². The second kappa shape index (κ2) is 5.85. The molecule has 120 valence electrons. The van der Waals surface area contributed by atoms with Crippen LogP contribution in [-0.4, -0.2) is 29.7 Å². The number of hydrogen-bond donors (Lipinski definition) is 0. The fraction of sp³-hybridized carbons (Fsp3) is 0.421. The van der Waals surface area contributed by atoms with E-state index < -0.39 is 0 Å². The van der Waals surface area contributed by atoms with Crippen LogP contribution in [0, 0.1) is 5.92 Å². The summed E-state index contributed by atoms with van der Waals surface area (Å²) in [6.45, 7) is 3.94. The van der Waals surface area contributed by atoms with Crippen LogP contribution >= 0.6 is 0 Å². The first kappa shape index (κ1) is 14.5. The van der Waals surface area contributed by atoms with E-state index in [-0.39, 0.29) is 5.56 Å². The van der Waals surface area contributed by atoms with Gasteiger partial charge < -0.3 is 9.30 Å². The van der Waals surface area contributed by atoms with Crippen LogP contribution in [-0.2, 0) is 13.1 Å². The second-order valence-corrected chi connectivity index (χ2v) is 6.74. The van der Waals surface area contributed by atoms with Crippen molar-refractivity contribution < 1.29 is 4.74 Å². The third kappa shape index (κ3) is 2.79. The minimum absolute atomic E-state index is 0.154. The maximum atomic E-state index is 12.1. The van der Waals surface area contributed by atoms with E-state index in [4.69, 9.17) is 4.74 Å². The van der Waals surface area contributed by atoms with Crippen molar-refractivity contribution in [1.82, 2.24) is 9.47 Å². The molecule has 1 saturated heterocycles. The van der Waals surface area contributed by atoms with Gasteiger partial charge in [0.15, 0.2) is 0 Å². The average molecular weight is 310 g/mol. The van der Waals surface area contributed by atoms with E-state index in [2.05, 4.69) is 23.1 Å². The SMILES string of the molecule is COc1ccc(CN2C[C@@H]3C[C@H](C2)c2cccc(=O)n2C3)cc1. The molecule has 2 bridgehead atoms. The molecule has 2 atom stereocenters. The molecular weight excluding hydrogens is 288 g/mol. The third-order valence-electron chi connectivity index (χ3n) is 5.12. The molecule has 4 rings (SSSR count). The number of benzene rings is 1. The zero-order chi connectivity index (χ0) is 15.8. The van der Waals surface area contributed by atoms with Gasteiger partial charge in [0, 0.05) is 43.9 Å². The molecule has 0 N–H and O–H groups in total. The zero-order valence-corrected chi connectivity index (χ0v) is 13.4. The normalized spacial score (nSPS) is 23.3. The topological polar surface area (TPSA) is 34.5 Å². The van der Waals surface area contributed by atoms with Crippen LogP contribution in [0.15, 0.2) is 47.3 Å². The Morgan fingerprint density at radius 3 is 2.70 bits per heavy atom. The van der Waals surface area contributed by atoms with Gasteiger partial charge in [-0.2, -0.15) is 0 Å². The molecule has 2 aliphatic rings. The molecule has 1 fully saturated rings. The highest BCUT2D eigenvalue weighted by molar-refractivity contribution is 5.27. The van der Waals surface area contributed by atoms with Gasteiger partial charge >= 0.3 is 0 Å². The highest BCUT2D eigenvalue weighted by atomic mass is 16.5. The first-order valence-electron chi connectivity index (χ1n) is 8.28. The third-order valence-corrected chi connectivity index (χ3v) is 5.12. The lowest BCUT2D eigenvalue weighted by Crippen LogP contribution is -2.46. The van der Waals surface area contributed by atoms with Crippen LogP contribution in [0.1, 0.15) is 23.6 Å². The van der Waals surface area contributed by atoms with Crippen LogP contribution in [0.25, 0.3) is 0 Å². The van der Waals surface area contributed by atoms with Gasteiger partial charge in [0.2, 0.25) is 0 Å². The molecule has 0 aliphatic carbocycles. The molecular formula is C19H22N2O2. The number of pyridine rings is 1. The van der Waals surface area contributed by atoms with Crippen molar-refractivity contribution in [2.75, 3.05) is 20.2 Å². The van der Waals surface area contributed by atoms with Gasteiger partial charge in [-0.05, 0) is 36.1 Å². The molecule has 2 aromatic rings. The van der Waals surface area contributed by atoms with E-state index in [1.54, 1.807) is 13.2 Å². The number of likely N-dealkylation sites (tertiary alicyclic amines) is 1. The van der Waals surface area contributed by atoms with E-state index in [0.717, 1.165) is 31.9 Å². The number of fused-ring (bicyclic) bond motifs is 4. The largest absolute Gasteiger partial charge is 0.497 e. The van der Waals surface area contributed by atoms with Crippen molar-refractivity contribution in [3.05, 3.63) is 64.1 Å². The predicted octanol–water partition coefficient (Wildman–Crippen LogP) is 2.48.